The minimum absolute atomic E-state index is 0.130. The molecule has 0 saturated carbocycles. The molecule has 1 rings (SSSR count). The average molecular weight is 232 g/mol. The first-order valence-corrected chi connectivity index (χ1v) is 5.18. The summed E-state index contributed by atoms with van der Waals surface area (Å²) in [6, 6.07) is 6.57. The maximum atomic E-state index is 9.25. The molecule has 1 aromatic carbocycles. The second kappa shape index (κ2) is 4.74. The van der Waals surface area contributed by atoms with Gasteiger partial charge in [0.05, 0.1) is 0 Å². The van der Waals surface area contributed by atoms with Gasteiger partial charge in [0.25, 0.3) is 0 Å². The van der Waals surface area contributed by atoms with Crippen molar-refractivity contribution < 1.29 is 5.11 Å². The van der Waals surface area contributed by atoms with Crippen LogP contribution in [0.25, 0.3) is 0 Å². The van der Waals surface area contributed by atoms with E-state index in [-0.39, 0.29) is 17.2 Å². The van der Waals surface area contributed by atoms with Gasteiger partial charge in [-0.2, -0.15) is 5.26 Å². The number of rotatable bonds is 1. The maximum Gasteiger partial charge on any atom is 0.212 e. The van der Waals surface area contributed by atoms with E-state index in [1.807, 2.05) is 20.8 Å². The Bertz CT molecular complexity index is 451. The molecule has 17 heavy (non-hydrogen) atoms. The molecule has 0 aliphatic heterocycles. The summed E-state index contributed by atoms with van der Waals surface area (Å²) in [7, 11) is 0. The number of phenolic OH excluding ortho intramolecular Hbond substituents is 1. The first-order valence-electron chi connectivity index (χ1n) is 5.18. The minimum atomic E-state index is -0.318. The molecule has 5 nitrogen and oxygen atoms in total. The Morgan fingerprint density at radius 3 is 2.29 bits per heavy atom. The van der Waals surface area contributed by atoms with Gasteiger partial charge in [0.1, 0.15) is 5.75 Å². The van der Waals surface area contributed by atoms with Crippen molar-refractivity contribution in [1.82, 2.24) is 0 Å². The van der Waals surface area contributed by atoms with Gasteiger partial charge in [0.2, 0.25) is 12.2 Å². The second-order valence-electron chi connectivity index (χ2n) is 4.59. The highest BCUT2D eigenvalue weighted by Crippen LogP contribution is 2.25. The van der Waals surface area contributed by atoms with Gasteiger partial charge in [-0.1, -0.05) is 0 Å². The van der Waals surface area contributed by atoms with Crippen LogP contribution in [0.1, 0.15) is 20.8 Å². The molecule has 3 N–H and O–H groups in total. The summed E-state index contributed by atoms with van der Waals surface area (Å²) < 4.78 is 0. The second-order valence-corrected chi connectivity index (χ2v) is 4.59. The molecule has 90 valence electrons. The van der Waals surface area contributed by atoms with Crippen molar-refractivity contribution in [2.75, 3.05) is 4.90 Å². The summed E-state index contributed by atoms with van der Waals surface area (Å²) in [6.45, 7) is 5.87. The predicted octanol–water partition coefficient (Wildman–Crippen LogP) is 1.79. The molecule has 0 unspecified atom stereocenters. The van der Waals surface area contributed by atoms with E-state index >= 15 is 0 Å². The quantitative estimate of drug-likeness (QED) is 0.439. The maximum absolute atomic E-state index is 9.25. The molecule has 1 aromatic rings. The number of hydrogen-bond donors (Lipinski definition) is 2. The number of guanidine groups is 1. The summed E-state index contributed by atoms with van der Waals surface area (Å²) in [4.78, 5) is 5.29. The Hall–Kier alpha value is -2.22. The highest BCUT2D eigenvalue weighted by molar-refractivity contribution is 5.96. The van der Waals surface area contributed by atoms with E-state index in [4.69, 9.17) is 11.0 Å². The largest absolute Gasteiger partial charge is 0.508 e. The Balaban J connectivity index is 3.22. The summed E-state index contributed by atoms with van der Waals surface area (Å²) in [5.41, 5.74) is 6.23. The van der Waals surface area contributed by atoms with E-state index in [2.05, 4.69) is 4.99 Å². The highest BCUT2D eigenvalue weighted by Gasteiger charge is 2.25. The first kappa shape index (κ1) is 12.8. The number of hydrogen-bond acceptors (Lipinski definition) is 3. The molecule has 0 atom stereocenters. The lowest BCUT2D eigenvalue weighted by Gasteiger charge is -2.36. The van der Waals surface area contributed by atoms with Gasteiger partial charge >= 0.3 is 0 Å². The first-order chi connectivity index (χ1) is 7.86. The van der Waals surface area contributed by atoms with E-state index in [1.165, 1.54) is 0 Å². The van der Waals surface area contributed by atoms with E-state index in [1.54, 1.807) is 35.4 Å². The lowest BCUT2D eigenvalue weighted by Crippen LogP contribution is -2.49. The highest BCUT2D eigenvalue weighted by atomic mass is 16.3. The number of benzene rings is 1. The van der Waals surface area contributed by atoms with E-state index in [0.717, 1.165) is 5.69 Å². The smallest absolute Gasteiger partial charge is 0.212 e. The molecular weight excluding hydrogens is 216 g/mol. The van der Waals surface area contributed by atoms with Crippen LogP contribution in [0.2, 0.25) is 0 Å². The summed E-state index contributed by atoms with van der Waals surface area (Å²) in [5.74, 6) is 0.309. The van der Waals surface area contributed by atoms with Crippen molar-refractivity contribution in [3.63, 3.8) is 0 Å². The van der Waals surface area contributed by atoms with Crippen molar-refractivity contribution in [2.24, 2.45) is 10.7 Å². The third-order valence-corrected chi connectivity index (χ3v) is 2.17. The fraction of sp³-hybridized carbons (Fsp3) is 0.333. The van der Waals surface area contributed by atoms with Gasteiger partial charge < -0.3 is 15.7 Å². The standard InChI is InChI=1S/C12H16N4O/c1-12(2,3)16(11(14)15-8-13)9-4-6-10(17)7-5-9/h4-7,17H,1-3H3,(H2,14,15). The van der Waals surface area contributed by atoms with Gasteiger partial charge in [-0.15, -0.1) is 4.99 Å². The van der Waals surface area contributed by atoms with E-state index in [9.17, 15) is 5.11 Å². The van der Waals surface area contributed by atoms with Gasteiger partial charge in [0.15, 0.2) is 0 Å². The summed E-state index contributed by atoms with van der Waals surface area (Å²) in [5, 5.41) is 17.8. The van der Waals surface area contributed by atoms with Crippen LogP contribution in [0.3, 0.4) is 0 Å². The van der Waals surface area contributed by atoms with E-state index in [0.29, 0.717) is 0 Å². The van der Waals surface area contributed by atoms with Crippen LogP contribution in [0.5, 0.6) is 5.75 Å². The zero-order chi connectivity index (χ0) is 13.1. The van der Waals surface area contributed by atoms with Crippen molar-refractivity contribution in [2.45, 2.75) is 26.3 Å². The molecule has 0 radical (unpaired) electrons. The molecule has 0 fully saturated rings. The molecule has 0 amide bonds. The van der Waals surface area contributed by atoms with Gasteiger partial charge in [-0.3, -0.25) is 0 Å². The molecule has 0 heterocycles. The molecule has 0 aliphatic rings. The van der Waals surface area contributed by atoms with Crippen LogP contribution in [-0.2, 0) is 0 Å². The molecule has 0 aliphatic carbocycles. The van der Waals surface area contributed by atoms with Crippen LogP contribution in [0, 0.1) is 11.5 Å². The zero-order valence-corrected chi connectivity index (χ0v) is 10.2. The lowest BCUT2D eigenvalue weighted by atomic mass is 10.1. The van der Waals surface area contributed by atoms with Crippen LogP contribution in [0.15, 0.2) is 29.3 Å². The summed E-state index contributed by atoms with van der Waals surface area (Å²) in [6.07, 6.45) is 1.67. The topological polar surface area (TPSA) is 85.6 Å². The Kier molecular flexibility index (Phi) is 3.59. The number of aromatic hydroxyl groups is 1. The molecule has 0 spiro atoms. The number of nitrogens with two attached hydrogens (primary N) is 1. The Labute approximate surface area is 101 Å². The van der Waals surface area contributed by atoms with Crippen molar-refractivity contribution in [1.29, 1.82) is 5.26 Å². The fourth-order valence-corrected chi connectivity index (χ4v) is 1.57. The minimum Gasteiger partial charge on any atom is -0.508 e. The third-order valence-electron chi connectivity index (χ3n) is 2.17. The number of nitriles is 1. The van der Waals surface area contributed by atoms with Crippen molar-refractivity contribution >= 4 is 11.6 Å². The van der Waals surface area contributed by atoms with Crippen LogP contribution < -0.4 is 10.6 Å². The van der Waals surface area contributed by atoms with Crippen LogP contribution >= 0.6 is 0 Å². The molecular formula is C12H16N4O. The Morgan fingerprint density at radius 1 is 1.35 bits per heavy atom. The Morgan fingerprint density at radius 2 is 1.88 bits per heavy atom. The molecule has 0 saturated heterocycles. The normalized spacial score (nSPS) is 12.0. The van der Waals surface area contributed by atoms with Crippen LogP contribution in [-0.4, -0.2) is 16.6 Å². The molecule has 5 heteroatoms. The van der Waals surface area contributed by atoms with Gasteiger partial charge in [0, 0.05) is 11.2 Å². The van der Waals surface area contributed by atoms with Gasteiger partial charge in [-0.05, 0) is 45.0 Å². The third kappa shape index (κ3) is 3.11. The SMILES string of the molecule is CC(C)(C)N(C(N)=NC#N)c1ccc(O)cc1. The predicted molar refractivity (Wildman–Crippen MR) is 67.6 cm³/mol. The number of nitrogens with zero attached hydrogens (tertiary/aromatic N) is 3. The summed E-state index contributed by atoms with van der Waals surface area (Å²) >= 11 is 0. The van der Waals surface area contributed by atoms with Gasteiger partial charge in [-0.25, -0.2) is 0 Å². The number of anilines is 1. The van der Waals surface area contributed by atoms with Crippen LogP contribution in [0.4, 0.5) is 5.69 Å². The zero-order valence-electron chi connectivity index (χ0n) is 10.2. The van der Waals surface area contributed by atoms with E-state index < -0.39 is 0 Å². The molecule has 0 aromatic heterocycles. The average Bonchev–Trinajstić information content (AvgIpc) is 2.19. The van der Waals surface area contributed by atoms with Crippen molar-refractivity contribution in [3.8, 4) is 11.9 Å². The lowest BCUT2D eigenvalue weighted by molar-refractivity contribution is 0.475. The monoisotopic (exact) mass is 232 g/mol. The van der Waals surface area contributed by atoms with Crippen molar-refractivity contribution in [3.05, 3.63) is 24.3 Å². The number of phenols is 1. The number of aliphatic imine (C=N–C) groups is 1. The fourth-order valence-electron chi connectivity index (χ4n) is 1.57. The molecule has 0 bridgehead atoms.